The first-order valence-electron chi connectivity index (χ1n) is 21.0. The first-order valence-corrected chi connectivity index (χ1v) is 21.0. The third-order valence-corrected chi connectivity index (χ3v) is 8.57. The Bertz CT molecular complexity index is 1020. The highest BCUT2D eigenvalue weighted by Gasteiger charge is 2.19. The lowest BCUT2D eigenvalue weighted by Gasteiger charge is -2.18. The molecular weight excluding hydrogens is 648 g/mol. The molecule has 0 heterocycles. The van der Waals surface area contributed by atoms with Crippen LogP contribution in [-0.4, -0.2) is 37.2 Å². The number of rotatable bonds is 36. The summed E-state index contributed by atoms with van der Waals surface area (Å²) in [5, 5.41) is 0. The summed E-state index contributed by atoms with van der Waals surface area (Å²) in [6.45, 7) is 6.34. The first-order chi connectivity index (χ1) is 25.5. The van der Waals surface area contributed by atoms with Crippen LogP contribution < -0.4 is 0 Å². The second-order valence-corrected chi connectivity index (χ2v) is 13.6. The number of allylic oxidation sites excluding steroid dienone is 12. The van der Waals surface area contributed by atoms with Crippen LogP contribution in [0.3, 0.4) is 0 Å². The van der Waals surface area contributed by atoms with Crippen molar-refractivity contribution in [3.05, 3.63) is 72.9 Å². The summed E-state index contributed by atoms with van der Waals surface area (Å²) in [4.78, 5) is 37.5. The minimum absolute atomic E-state index is 0.101. The summed E-state index contributed by atoms with van der Waals surface area (Å²) < 4.78 is 16.6. The molecule has 0 fully saturated rings. The van der Waals surface area contributed by atoms with Gasteiger partial charge >= 0.3 is 17.9 Å². The van der Waals surface area contributed by atoms with Gasteiger partial charge in [0.2, 0.25) is 0 Å². The van der Waals surface area contributed by atoms with Crippen LogP contribution in [0.2, 0.25) is 0 Å². The number of carbonyl (C=O) groups excluding carboxylic acids is 3. The van der Waals surface area contributed by atoms with Gasteiger partial charge in [-0.15, -0.1) is 0 Å². The topological polar surface area (TPSA) is 78.9 Å². The molecule has 0 saturated heterocycles. The maximum Gasteiger partial charge on any atom is 0.306 e. The van der Waals surface area contributed by atoms with E-state index in [-0.39, 0.29) is 37.5 Å². The van der Waals surface area contributed by atoms with Crippen molar-refractivity contribution in [1.82, 2.24) is 0 Å². The van der Waals surface area contributed by atoms with E-state index >= 15 is 0 Å². The second kappa shape index (κ2) is 40.6. The van der Waals surface area contributed by atoms with Crippen molar-refractivity contribution in [3.8, 4) is 0 Å². The van der Waals surface area contributed by atoms with Crippen molar-refractivity contribution >= 4 is 17.9 Å². The lowest BCUT2D eigenvalue weighted by Crippen LogP contribution is -2.30. The van der Waals surface area contributed by atoms with Crippen molar-refractivity contribution in [2.45, 2.75) is 187 Å². The largest absolute Gasteiger partial charge is 0.462 e. The summed E-state index contributed by atoms with van der Waals surface area (Å²) in [6.07, 6.45) is 48.9. The predicted octanol–water partition coefficient (Wildman–Crippen LogP) is 13.1. The molecule has 0 saturated carbocycles. The Morgan fingerprint density at radius 1 is 0.404 bits per heavy atom. The molecule has 6 nitrogen and oxygen atoms in total. The predicted molar refractivity (Wildman–Crippen MR) is 219 cm³/mol. The lowest BCUT2D eigenvalue weighted by atomic mass is 10.1. The molecule has 296 valence electrons. The van der Waals surface area contributed by atoms with Crippen molar-refractivity contribution in [1.29, 1.82) is 0 Å². The normalized spacial score (nSPS) is 12.8. The highest BCUT2D eigenvalue weighted by Crippen LogP contribution is 2.13. The third kappa shape index (κ3) is 38.1. The first kappa shape index (κ1) is 48.9. The number of unbranched alkanes of at least 4 members (excludes halogenated alkanes) is 17. The number of carbonyl (C=O) groups is 3. The molecule has 6 heteroatoms. The molecule has 1 unspecified atom stereocenters. The third-order valence-electron chi connectivity index (χ3n) is 8.57. The highest BCUT2D eigenvalue weighted by atomic mass is 16.6. The van der Waals surface area contributed by atoms with Crippen LogP contribution in [0.1, 0.15) is 181 Å². The van der Waals surface area contributed by atoms with Gasteiger partial charge in [-0.05, 0) is 57.8 Å². The lowest BCUT2D eigenvalue weighted by molar-refractivity contribution is -0.167. The molecule has 1 atom stereocenters. The van der Waals surface area contributed by atoms with E-state index in [1.54, 1.807) is 0 Å². The molecule has 0 amide bonds. The van der Waals surface area contributed by atoms with E-state index in [9.17, 15) is 14.4 Å². The Labute approximate surface area is 319 Å². The Kier molecular flexibility index (Phi) is 38.2. The zero-order chi connectivity index (χ0) is 38.0. The maximum atomic E-state index is 12.7. The molecular formula is C46H76O6. The van der Waals surface area contributed by atoms with Gasteiger partial charge < -0.3 is 14.2 Å². The maximum absolute atomic E-state index is 12.7. The molecule has 0 aliphatic carbocycles. The van der Waals surface area contributed by atoms with Gasteiger partial charge in [0.1, 0.15) is 13.2 Å². The van der Waals surface area contributed by atoms with Crippen molar-refractivity contribution in [2.24, 2.45) is 0 Å². The Balaban J connectivity index is 4.52. The summed E-state index contributed by atoms with van der Waals surface area (Å²) >= 11 is 0. The zero-order valence-corrected chi connectivity index (χ0v) is 33.5. The van der Waals surface area contributed by atoms with E-state index in [0.717, 1.165) is 64.2 Å². The molecule has 0 rings (SSSR count). The average molecular weight is 725 g/mol. The summed E-state index contributed by atoms with van der Waals surface area (Å²) in [5.74, 6) is -1.000. The van der Waals surface area contributed by atoms with E-state index in [1.807, 2.05) is 54.7 Å². The average Bonchev–Trinajstić information content (AvgIpc) is 3.14. The molecule has 52 heavy (non-hydrogen) atoms. The van der Waals surface area contributed by atoms with E-state index in [1.165, 1.54) is 70.6 Å². The molecule has 0 N–H and O–H groups in total. The fourth-order valence-corrected chi connectivity index (χ4v) is 5.41. The van der Waals surface area contributed by atoms with Gasteiger partial charge in [-0.25, -0.2) is 0 Å². The molecule has 0 aromatic rings. The number of esters is 3. The van der Waals surface area contributed by atoms with Gasteiger partial charge in [0.05, 0.1) is 0 Å². The van der Waals surface area contributed by atoms with Crippen LogP contribution in [0.25, 0.3) is 0 Å². The molecule has 0 bridgehead atoms. The van der Waals surface area contributed by atoms with Crippen LogP contribution in [0, 0.1) is 0 Å². The Hall–Kier alpha value is -3.15. The fraction of sp³-hybridized carbons (Fsp3) is 0.674. The van der Waals surface area contributed by atoms with E-state index < -0.39 is 6.10 Å². The van der Waals surface area contributed by atoms with E-state index in [0.29, 0.717) is 19.3 Å². The molecule has 0 spiro atoms. The van der Waals surface area contributed by atoms with E-state index in [4.69, 9.17) is 14.2 Å². The van der Waals surface area contributed by atoms with Crippen LogP contribution in [0.4, 0.5) is 0 Å². The second-order valence-electron chi connectivity index (χ2n) is 13.6. The molecule has 0 aliphatic rings. The monoisotopic (exact) mass is 725 g/mol. The highest BCUT2D eigenvalue weighted by molar-refractivity contribution is 5.71. The van der Waals surface area contributed by atoms with Gasteiger partial charge in [0.25, 0.3) is 0 Å². The number of hydrogen-bond acceptors (Lipinski definition) is 6. The summed E-state index contributed by atoms with van der Waals surface area (Å²) in [7, 11) is 0. The number of hydrogen-bond donors (Lipinski definition) is 0. The number of ether oxygens (including phenoxy) is 3. The van der Waals surface area contributed by atoms with Crippen LogP contribution in [0.15, 0.2) is 72.9 Å². The summed E-state index contributed by atoms with van der Waals surface area (Å²) in [5.41, 5.74) is 0. The van der Waals surface area contributed by atoms with Crippen LogP contribution in [-0.2, 0) is 28.6 Å². The quantitative estimate of drug-likeness (QED) is 0.0210. The molecule has 0 aromatic carbocycles. The summed E-state index contributed by atoms with van der Waals surface area (Å²) in [6, 6.07) is 0. The molecule has 0 aromatic heterocycles. The van der Waals surface area contributed by atoms with Gasteiger partial charge in [-0.2, -0.15) is 0 Å². The SMILES string of the molecule is CC\C=C/C=C\C=C/C=C\C=C/CCCC(=O)OCC(COC(=O)CCCCCCCCCCC)OC(=O)CCCCCCC/C=C\CCCCC. The van der Waals surface area contributed by atoms with Gasteiger partial charge in [0.15, 0.2) is 6.10 Å². The van der Waals surface area contributed by atoms with Crippen molar-refractivity contribution in [3.63, 3.8) is 0 Å². The fourth-order valence-electron chi connectivity index (χ4n) is 5.41. The van der Waals surface area contributed by atoms with Crippen molar-refractivity contribution < 1.29 is 28.6 Å². The zero-order valence-electron chi connectivity index (χ0n) is 33.5. The Morgan fingerprint density at radius 2 is 0.788 bits per heavy atom. The minimum Gasteiger partial charge on any atom is -0.462 e. The molecule has 0 radical (unpaired) electrons. The van der Waals surface area contributed by atoms with Gasteiger partial charge in [0, 0.05) is 19.3 Å². The van der Waals surface area contributed by atoms with E-state index in [2.05, 4.69) is 39.0 Å². The smallest absolute Gasteiger partial charge is 0.306 e. The standard InChI is InChI=1S/C46H76O6/c1-4-7-10-13-16-19-21-23-25-27-30-33-36-39-45(48)51-42-43(41-50-44(47)38-35-32-29-26-18-15-12-9-6-3)52-46(49)40-37-34-31-28-24-22-20-17-14-11-8-5-2/h7,10,13,16-17,19-21,23,25,27,30,43H,4-6,8-9,11-12,14-15,18,22,24,26,28-29,31-42H2,1-3H3/b10-7-,16-13-,20-17-,21-19-,25-23-,30-27-. The van der Waals surface area contributed by atoms with Crippen molar-refractivity contribution in [2.75, 3.05) is 13.2 Å². The Morgan fingerprint density at radius 3 is 1.33 bits per heavy atom. The minimum atomic E-state index is -0.803. The van der Waals surface area contributed by atoms with Crippen LogP contribution in [0.5, 0.6) is 0 Å². The van der Waals surface area contributed by atoms with Gasteiger partial charge in [-0.3, -0.25) is 14.4 Å². The molecule has 0 aliphatic heterocycles. The van der Waals surface area contributed by atoms with Crippen LogP contribution >= 0.6 is 0 Å². The van der Waals surface area contributed by atoms with Gasteiger partial charge in [-0.1, -0.05) is 177 Å².